The molecule has 0 bridgehead atoms. The minimum Gasteiger partial charge on any atom is -0.361 e. The summed E-state index contributed by atoms with van der Waals surface area (Å²) in [5.41, 5.74) is 0.963. The topological polar surface area (TPSA) is 26.0 Å². The van der Waals surface area contributed by atoms with Crippen molar-refractivity contribution >= 4 is 0 Å². The van der Waals surface area contributed by atoms with Crippen molar-refractivity contribution in [3.8, 4) is 0 Å². The number of hydrogen-bond acceptors (Lipinski definition) is 2. The molecule has 1 rings (SSSR count). The Balaban J connectivity index is 2.27. The Morgan fingerprint density at radius 1 is 1.64 bits per heavy atom. The van der Waals surface area contributed by atoms with Gasteiger partial charge >= 0.3 is 0 Å². The van der Waals surface area contributed by atoms with Crippen molar-refractivity contribution in [1.29, 1.82) is 0 Å². The molecule has 1 heterocycles. The normalized spacial score (nSPS) is 10.4. The summed E-state index contributed by atoms with van der Waals surface area (Å²) in [6.45, 7) is 4.11. The maximum atomic E-state index is 5.03. The van der Waals surface area contributed by atoms with E-state index in [1.165, 1.54) is 6.42 Å². The van der Waals surface area contributed by atoms with Crippen LogP contribution in [0.3, 0.4) is 0 Å². The van der Waals surface area contributed by atoms with E-state index in [4.69, 9.17) is 4.52 Å². The van der Waals surface area contributed by atoms with Crippen molar-refractivity contribution < 1.29 is 4.52 Å². The summed E-state index contributed by atoms with van der Waals surface area (Å²) in [7, 11) is 0. The fourth-order valence-corrected chi connectivity index (χ4v) is 0.961. The van der Waals surface area contributed by atoms with E-state index in [0.29, 0.717) is 0 Å². The number of nitrogens with zero attached hydrogens (tertiary/aromatic N) is 1. The first-order valence-corrected chi connectivity index (χ1v) is 4.06. The van der Waals surface area contributed by atoms with Crippen molar-refractivity contribution in [2.24, 2.45) is 0 Å². The molecule has 2 nitrogen and oxygen atoms in total. The highest BCUT2D eigenvalue weighted by Crippen LogP contribution is 2.06. The largest absolute Gasteiger partial charge is 0.361 e. The zero-order valence-electron chi connectivity index (χ0n) is 7.13. The number of rotatable bonds is 4. The van der Waals surface area contributed by atoms with Crippen LogP contribution < -0.4 is 0 Å². The summed E-state index contributed by atoms with van der Waals surface area (Å²) < 4.78 is 5.03. The summed E-state index contributed by atoms with van der Waals surface area (Å²) in [6, 6.07) is 1.98. The molecule has 1 radical (unpaired) electrons. The van der Waals surface area contributed by atoms with Crippen molar-refractivity contribution in [2.45, 2.75) is 33.1 Å². The van der Waals surface area contributed by atoms with E-state index in [1.807, 2.05) is 13.0 Å². The van der Waals surface area contributed by atoms with Crippen LogP contribution in [-0.2, 0) is 6.42 Å². The van der Waals surface area contributed by atoms with Crippen LogP contribution in [0.1, 0.15) is 31.2 Å². The molecule has 0 N–H and O–H groups in total. The van der Waals surface area contributed by atoms with Gasteiger partial charge in [0.15, 0.2) is 0 Å². The van der Waals surface area contributed by atoms with Crippen molar-refractivity contribution in [3.63, 3.8) is 0 Å². The Hall–Kier alpha value is -0.790. The predicted molar refractivity (Wildman–Crippen MR) is 44.2 cm³/mol. The third kappa shape index (κ3) is 2.74. The lowest BCUT2D eigenvalue weighted by Crippen LogP contribution is -1.81. The van der Waals surface area contributed by atoms with E-state index in [0.717, 1.165) is 24.3 Å². The standard InChI is InChI=1S/C9H14NO/c1-3-4-5-6-9-7-8(2)10-11-9/h5,7H,3-4,6H2,1-2H3. The molecule has 0 saturated carbocycles. The highest BCUT2D eigenvalue weighted by Gasteiger charge is 1.98. The van der Waals surface area contributed by atoms with Gasteiger partial charge < -0.3 is 4.52 Å². The van der Waals surface area contributed by atoms with E-state index in [9.17, 15) is 0 Å². The smallest absolute Gasteiger partial charge is 0.137 e. The zero-order valence-corrected chi connectivity index (χ0v) is 7.13. The van der Waals surface area contributed by atoms with Gasteiger partial charge in [-0.2, -0.15) is 0 Å². The minimum absolute atomic E-state index is 0.911. The van der Waals surface area contributed by atoms with Gasteiger partial charge in [0.1, 0.15) is 5.76 Å². The summed E-state index contributed by atoms with van der Waals surface area (Å²) in [4.78, 5) is 0. The molecule has 1 aromatic heterocycles. The maximum absolute atomic E-state index is 5.03. The Morgan fingerprint density at radius 2 is 2.45 bits per heavy atom. The van der Waals surface area contributed by atoms with Crippen LogP contribution in [0, 0.1) is 13.3 Å². The molecule has 0 spiro atoms. The quantitative estimate of drug-likeness (QED) is 0.619. The van der Waals surface area contributed by atoms with Crippen LogP contribution in [0.5, 0.6) is 0 Å². The molecule has 0 amide bonds. The molecule has 11 heavy (non-hydrogen) atoms. The molecule has 0 aliphatic rings. The van der Waals surface area contributed by atoms with E-state index in [-0.39, 0.29) is 0 Å². The molecule has 1 aromatic rings. The number of unbranched alkanes of at least 4 members (excludes halogenated alkanes) is 2. The van der Waals surface area contributed by atoms with Crippen LogP contribution in [0.15, 0.2) is 10.6 Å². The molecular weight excluding hydrogens is 138 g/mol. The van der Waals surface area contributed by atoms with Crippen LogP contribution in [0.25, 0.3) is 0 Å². The third-order valence-corrected chi connectivity index (χ3v) is 1.52. The molecule has 61 valence electrons. The number of hydrogen-bond donors (Lipinski definition) is 0. The van der Waals surface area contributed by atoms with Crippen LogP contribution in [0.4, 0.5) is 0 Å². The first kappa shape index (κ1) is 8.31. The van der Waals surface area contributed by atoms with Gasteiger partial charge in [0, 0.05) is 12.5 Å². The average molecular weight is 152 g/mol. The van der Waals surface area contributed by atoms with Crippen LogP contribution in [0.2, 0.25) is 0 Å². The second kappa shape index (κ2) is 4.16. The Bertz CT molecular complexity index is 205. The maximum Gasteiger partial charge on any atom is 0.137 e. The Labute approximate surface area is 67.6 Å². The van der Waals surface area contributed by atoms with Crippen molar-refractivity contribution in [3.05, 3.63) is 23.9 Å². The van der Waals surface area contributed by atoms with Gasteiger partial charge in [0.05, 0.1) is 5.69 Å². The molecule has 0 unspecified atom stereocenters. The summed E-state index contributed by atoms with van der Waals surface area (Å²) in [6.07, 6.45) is 5.49. The van der Waals surface area contributed by atoms with Gasteiger partial charge in [-0.05, 0) is 19.8 Å². The van der Waals surface area contributed by atoms with Crippen molar-refractivity contribution in [2.75, 3.05) is 0 Å². The summed E-state index contributed by atoms with van der Waals surface area (Å²) >= 11 is 0. The lowest BCUT2D eigenvalue weighted by Gasteiger charge is -1.91. The molecule has 0 atom stereocenters. The lowest BCUT2D eigenvalue weighted by atomic mass is 10.2. The van der Waals surface area contributed by atoms with E-state index >= 15 is 0 Å². The van der Waals surface area contributed by atoms with E-state index in [2.05, 4.69) is 18.5 Å². The van der Waals surface area contributed by atoms with Gasteiger partial charge in [-0.25, -0.2) is 0 Å². The molecule has 0 saturated heterocycles. The highest BCUT2D eigenvalue weighted by molar-refractivity contribution is 5.04. The number of aromatic nitrogens is 1. The fourth-order valence-electron chi connectivity index (χ4n) is 0.961. The summed E-state index contributed by atoms with van der Waals surface area (Å²) in [5, 5.41) is 3.80. The first-order chi connectivity index (χ1) is 5.33. The molecule has 2 heteroatoms. The fraction of sp³-hybridized carbons (Fsp3) is 0.556. The van der Waals surface area contributed by atoms with Gasteiger partial charge in [-0.15, -0.1) is 0 Å². The Kier molecular flexibility index (Phi) is 3.14. The SMILES string of the molecule is CCC[CH]Cc1cc(C)no1. The molecule has 0 aliphatic carbocycles. The summed E-state index contributed by atoms with van der Waals surface area (Å²) in [5.74, 6) is 0.968. The first-order valence-electron chi connectivity index (χ1n) is 4.06. The monoisotopic (exact) mass is 152 g/mol. The predicted octanol–water partition coefficient (Wildman–Crippen LogP) is 2.53. The van der Waals surface area contributed by atoms with Crippen molar-refractivity contribution in [1.82, 2.24) is 5.16 Å². The third-order valence-electron chi connectivity index (χ3n) is 1.52. The van der Waals surface area contributed by atoms with Gasteiger partial charge in [0.2, 0.25) is 0 Å². The number of aryl methyl sites for hydroxylation is 1. The van der Waals surface area contributed by atoms with Gasteiger partial charge in [-0.3, -0.25) is 0 Å². The molecular formula is C9H14NO. The zero-order chi connectivity index (χ0) is 8.10. The second-order valence-electron chi connectivity index (χ2n) is 2.72. The van der Waals surface area contributed by atoms with E-state index < -0.39 is 0 Å². The highest BCUT2D eigenvalue weighted by atomic mass is 16.5. The average Bonchev–Trinajstić information content (AvgIpc) is 2.37. The molecule has 0 fully saturated rings. The molecule has 0 aromatic carbocycles. The van der Waals surface area contributed by atoms with E-state index in [1.54, 1.807) is 0 Å². The second-order valence-corrected chi connectivity index (χ2v) is 2.72. The van der Waals surface area contributed by atoms with Gasteiger partial charge in [0.25, 0.3) is 0 Å². The molecule has 0 aliphatic heterocycles. The minimum atomic E-state index is 0.911. The van der Waals surface area contributed by atoms with Crippen LogP contribution >= 0.6 is 0 Å². The van der Waals surface area contributed by atoms with Gasteiger partial charge in [-0.1, -0.05) is 18.5 Å². The van der Waals surface area contributed by atoms with Crippen LogP contribution in [-0.4, -0.2) is 5.16 Å². The lowest BCUT2D eigenvalue weighted by molar-refractivity contribution is 0.383. The Morgan fingerprint density at radius 3 is 3.00 bits per heavy atom.